The summed E-state index contributed by atoms with van der Waals surface area (Å²) in [6.45, 7) is 1.51. The third-order valence-corrected chi connectivity index (χ3v) is 4.67. The van der Waals surface area contributed by atoms with Crippen LogP contribution in [0.3, 0.4) is 0 Å². The third kappa shape index (κ3) is 3.13. The molecule has 1 aliphatic heterocycles. The van der Waals surface area contributed by atoms with Crippen LogP contribution in [-0.2, 0) is 11.8 Å². The van der Waals surface area contributed by atoms with Gasteiger partial charge in [-0.05, 0) is 31.0 Å². The van der Waals surface area contributed by atoms with Crippen LogP contribution in [0.15, 0.2) is 42.6 Å². The van der Waals surface area contributed by atoms with E-state index >= 15 is 0 Å². The van der Waals surface area contributed by atoms with E-state index in [9.17, 15) is 4.79 Å². The molecule has 1 aromatic carbocycles. The van der Waals surface area contributed by atoms with Gasteiger partial charge < -0.3 is 10.1 Å². The Hall–Kier alpha value is -2.73. The van der Waals surface area contributed by atoms with Crippen molar-refractivity contribution >= 4 is 22.5 Å². The number of nitrogens with zero attached hydrogens (tertiary/aromatic N) is 3. The van der Waals surface area contributed by atoms with E-state index in [1.54, 1.807) is 10.9 Å². The topological polar surface area (TPSA) is 69.0 Å². The van der Waals surface area contributed by atoms with Gasteiger partial charge in [0.05, 0.1) is 16.9 Å². The van der Waals surface area contributed by atoms with Gasteiger partial charge in [0.2, 0.25) is 0 Å². The summed E-state index contributed by atoms with van der Waals surface area (Å²) in [4.78, 5) is 17.1. The van der Waals surface area contributed by atoms with E-state index in [0.717, 1.165) is 48.3 Å². The van der Waals surface area contributed by atoms with Gasteiger partial charge in [-0.15, -0.1) is 0 Å². The molecule has 128 valence electrons. The lowest BCUT2D eigenvalue weighted by atomic mass is 9.96. The molecule has 1 N–H and O–H groups in total. The monoisotopic (exact) mass is 336 g/mol. The van der Waals surface area contributed by atoms with E-state index in [4.69, 9.17) is 4.74 Å². The van der Waals surface area contributed by atoms with Crippen LogP contribution in [0.2, 0.25) is 0 Å². The molecule has 4 rings (SSSR count). The van der Waals surface area contributed by atoms with Gasteiger partial charge in [-0.1, -0.05) is 18.2 Å². The predicted molar refractivity (Wildman–Crippen MR) is 95.7 cm³/mol. The number of amides is 1. The van der Waals surface area contributed by atoms with Crippen molar-refractivity contribution in [2.45, 2.75) is 18.8 Å². The number of nitrogens with one attached hydrogen (secondary N) is 1. The molecule has 0 spiro atoms. The van der Waals surface area contributed by atoms with Crippen molar-refractivity contribution < 1.29 is 9.53 Å². The molecule has 6 nitrogen and oxygen atoms in total. The van der Waals surface area contributed by atoms with Crippen LogP contribution in [0.5, 0.6) is 0 Å². The molecule has 3 aromatic rings. The predicted octanol–water partition coefficient (Wildman–Crippen LogP) is 3.11. The third-order valence-electron chi connectivity index (χ3n) is 4.67. The molecule has 1 fully saturated rings. The average molecular weight is 336 g/mol. The Balaban J connectivity index is 1.59. The van der Waals surface area contributed by atoms with Gasteiger partial charge in [-0.2, -0.15) is 5.10 Å². The van der Waals surface area contributed by atoms with Crippen LogP contribution < -0.4 is 5.32 Å². The van der Waals surface area contributed by atoms with Crippen molar-refractivity contribution in [3.8, 4) is 0 Å². The number of hydrogen-bond acceptors (Lipinski definition) is 4. The van der Waals surface area contributed by atoms with E-state index in [1.165, 1.54) is 0 Å². The van der Waals surface area contributed by atoms with Gasteiger partial charge in [0.1, 0.15) is 5.69 Å². The minimum Gasteiger partial charge on any atom is -0.381 e. The number of aryl methyl sites for hydroxylation is 1. The maximum atomic E-state index is 12.8. The number of fused-ring (bicyclic) bond motifs is 1. The van der Waals surface area contributed by atoms with Crippen LogP contribution >= 0.6 is 0 Å². The van der Waals surface area contributed by atoms with Gasteiger partial charge in [-0.25, -0.2) is 0 Å². The highest BCUT2D eigenvalue weighted by Crippen LogP contribution is 2.27. The van der Waals surface area contributed by atoms with Crippen molar-refractivity contribution in [3.05, 3.63) is 54.0 Å². The van der Waals surface area contributed by atoms with Crippen LogP contribution in [-0.4, -0.2) is 33.9 Å². The lowest BCUT2D eigenvalue weighted by Gasteiger charge is -2.19. The van der Waals surface area contributed by atoms with Gasteiger partial charge >= 0.3 is 0 Å². The van der Waals surface area contributed by atoms with Gasteiger partial charge in [0.15, 0.2) is 0 Å². The van der Waals surface area contributed by atoms with Crippen molar-refractivity contribution in [3.63, 3.8) is 0 Å². The number of benzene rings is 1. The maximum Gasteiger partial charge on any atom is 0.273 e. The molecule has 1 saturated heterocycles. The number of aromatic nitrogens is 3. The number of rotatable bonds is 3. The molecule has 0 radical (unpaired) electrons. The Labute approximate surface area is 145 Å². The van der Waals surface area contributed by atoms with Crippen molar-refractivity contribution in [1.29, 1.82) is 0 Å². The zero-order valence-electron chi connectivity index (χ0n) is 14.1. The Bertz CT molecular complexity index is 907. The fraction of sp³-hybridized carbons (Fsp3) is 0.316. The number of carbonyl (C=O) groups excluding carboxylic acids is 1. The first-order valence-electron chi connectivity index (χ1n) is 8.49. The standard InChI is InChI=1S/C19H20N4O2/c1-23-18(12-17(22-23)13-7-10-25-11-8-13)19(24)21-16-6-9-20-15-5-3-2-4-14(15)16/h2-6,9,12-13H,7-8,10-11H2,1H3,(H,20,21,24). The summed E-state index contributed by atoms with van der Waals surface area (Å²) in [5.41, 5.74) is 3.13. The first-order valence-corrected chi connectivity index (χ1v) is 8.49. The minimum absolute atomic E-state index is 0.162. The Morgan fingerprint density at radius 2 is 2.04 bits per heavy atom. The summed E-state index contributed by atoms with van der Waals surface area (Å²) in [6, 6.07) is 11.5. The molecule has 3 heterocycles. The van der Waals surface area contributed by atoms with Crippen molar-refractivity contribution in [2.75, 3.05) is 18.5 Å². The number of para-hydroxylation sites is 1. The van der Waals surface area contributed by atoms with Gasteiger partial charge in [0.25, 0.3) is 5.91 Å². The number of anilines is 1. The summed E-state index contributed by atoms with van der Waals surface area (Å²) < 4.78 is 7.06. The number of hydrogen-bond donors (Lipinski definition) is 1. The van der Waals surface area contributed by atoms with Crippen LogP contribution in [0.25, 0.3) is 10.9 Å². The number of ether oxygens (including phenoxy) is 1. The normalized spacial score (nSPS) is 15.4. The summed E-state index contributed by atoms with van der Waals surface area (Å²) in [5, 5.41) is 8.46. The first-order chi connectivity index (χ1) is 12.2. The van der Waals surface area contributed by atoms with E-state index in [2.05, 4.69) is 15.4 Å². The zero-order valence-corrected chi connectivity index (χ0v) is 14.1. The molecule has 0 unspecified atom stereocenters. The largest absolute Gasteiger partial charge is 0.381 e. The second-order valence-corrected chi connectivity index (χ2v) is 6.29. The molecule has 0 bridgehead atoms. The molecule has 2 aromatic heterocycles. The molecule has 1 amide bonds. The number of carbonyl (C=O) groups is 1. The minimum atomic E-state index is -0.162. The summed E-state index contributed by atoms with van der Waals surface area (Å²) in [6.07, 6.45) is 3.61. The van der Waals surface area contributed by atoms with E-state index < -0.39 is 0 Å². The molecule has 0 aliphatic carbocycles. The lowest BCUT2D eigenvalue weighted by molar-refractivity contribution is 0.0844. The fourth-order valence-corrected chi connectivity index (χ4v) is 3.29. The van der Waals surface area contributed by atoms with Crippen molar-refractivity contribution in [2.24, 2.45) is 7.05 Å². The highest BCUT2D eigenvalue weighted by Gasteiger charge is 2.22. The molecular weight excluding hydrogens is 316 g/mol. The van der Waals surface area contributed by atoms with Gasteiger partial charge in [0, 0.05) is 37.8 Å². The van der Waals surface area contributed by atoms with E-state index in [0.29, 0.717) is 11.6 Å². The Morgan fingerprint density at radius 3 is 2.88 bits per heavy atom. The lowest BCUT2D eigenvalue weighted by Crippen LogP contribution is -2.16. The molecule has 0 atom stereocenters. The highest BCUT2D eigenvalue weighted by molar-refractivity contribution is 6.07. The first kappa shape index (κ1) is 15.8. The zero-order chi connectivity index (χ0) is 17.2. The molecule has 6 heteroatoms. The second-order valence-electron chi connectivity index (χ2n) is 6.29. The summed E-state index contributed by atoms with van der Waals surface area (Å²) in [7, 11) is 1.81. The molecule has 25 heavy (non-hydrogen) atoms. The Kier molecular flexibility index (Phi) is 4.19. The quantitative estimate of drug-likeness (QED) is 0.798. The van der Waals surface area contributed by atoms with E-state index in [1.807, 2.05) is 43.4 Å². The molecule has 1 aliphatic rings. The summed E-state index contributed by atoms with van der Waals surface area (Å²) in [5.74, 6) is 0.202. The van der Waals surface area contributed by atoms with E-state index in [-0.39, 0.29) is 5.91 Å². The SMILES string of the molecule is Cn1nc(C2CCOCC2)cc1C(=O)Nc1ccnc2ccccc12. The van der Waals surface area contributed by atoms with Crippen molar-refractivity contribution in [1.82, 2.24) is 14.8 Å². The Morgan fingerprint density at radius 1 is 1.24 bits per heavy atom. The second kappa shape index (κ2) is 6.64. The van der Waals surface area contributed by atoms with Crippen LogP contribution in [0, 0.1) is 0 Å². The van der Waals surface area contributed by atoms with Crippen LogP contribution in [0.1, 0.15) is 34.9 Å². The number of pyridine rings is 1. The van der Waals surface area contributed by atoms with Crippen LogP contribution in [0.4, 0.5) is 5.69 Å². The molecule has 0 saturated carbocycles. The molecular formula is C19H20N4O2. The fourth-order valence-electron chi connectivity index (χ4n) is 3.29. The van der Waals surface area contributed by atoms with Gasteiger partial charge in [-0.3, -0.25) is 14.5 Å². The smallest absolute Gasteiger partial charge is 0.273 e. The summed E-state index contributed by atoms with van der Waals surface area (Å²) >= 11 is 0. The maximum absolute atomic E-state index is 12.8. The highest BCUT2D eigenvalue weighted by atomic mass is 16.5. The average Bonchev–Trinajstić information content (AvgIpc) is 3.05.